The van der Waals surface area contributed by atoms with Crippen molar-refractivity contribution < 1.29 is 0 Å². The van der Waals surface area contributed by atoms with Crippen LogP contribution in [0.5, 0.6) is 0 Å². The van der Waals surface area contributed by atoms with E-state index in [9.17, 15) is 0 Å². The number of aromatic amines is 1. The molecule has 0 saturated heterocycles. The van der Waals surface area contributed by atoms with Crippen LogP contribution in [-0.2, 0) is 6.54 Å². The van der Waals surface area contributed by atoms with Gasteiger partial charge in [-0.05, 0) is 30.5 Å². The lowest BCUT2D eigenvalue weighted by molar-refractivity contribution is 0.687. The first-order valence-electron chi connectivity index (χ1n) is 5.90. The minimum absolute atomic E-state index is 0.771. The van der Waals surface area contributed by atoms with Crippen LogP contribution >= 0.6 is 11.8 Å². The van der Waals surface area contributed by atoms with Crippen molar-refractivity contribution in [3.05, 3.63) is 42.2 Å². The summed E-state index contributed by atoms with van der Waals surface area (Å²) < 4.78 is 0. The van der Waals surface area contributed by atoms with E-state index in [4.69, 9.17) is 0 Å². The number of aromatic nitrogens is 2. The molecule has 17 heavy (non-hydrogen) atoms. The molecule has 1 fully saturated rings. The highest BCUT2D eigenvalue weighted by atomic mass is 32.2. The third-order valence-corrected chi connectivity index (χ3v) is 3.71. The molecule has 1 aliphatic carbocycles. The molecule has 3 nitrogen and oxygen atoms in total. The Morgan fingerprint density at radius 2 is 2.12 bits per heavy atom. The fraction of sp³-hybridized carbons (Fsp3) is 0.308. The maximum absolute atomic E-state index is 4.20. The first-order chi connectivity index (χ1) is 8.40. The fourth-order valence-corrected chi connectivity index (χ4v) is 2.38. The molecule has 1 heterocycles. The molecule has 2 aromatic rings. The first kappa shape index (κ1) is 10.9. The molecule has 2 N–H and O–H groups in total. The number of nitrogens with one attached hydrogen (secondary N) is 2. The largest absolute Gasteiger partial charge is 0.339 e. The van der Waals surface area contributed by atoms with Gasteiger partial charge in [0.1, 0.15) is 0 Å². The zero-order valence-electron chi connectivity index (χ0n) is 9.52. The average molecular weight is 245 g/mol. The molecule has 1 aromatic heterocycles. The second kappa shape index (κ2) is 4.94. The van der Waals surface area contributed by atoms with Gasteiger partial charge in [-0.2, -0.15) is 0 Å². The molecule has 1 aliphatic rings. The quantitative estimate of drug-likeness (QED) is 0.851. The van der Waals surface area contributed by atoms with Crippen LogP contribution in [0.1, 0.15) is 18.4 Å². The summed E-state index contributed by atoms with van der Waals surface area (Å²) in [5, 5.41) is 4.45. The summed E-state index contributed by atoms with van der Waals surface area (Å²) in [5.74, 6) is 0. The van der Waals surface area contributed by atoms with E-state index in [1.807, 2.05) is 6.20 Å². The molecule has 0 atom stereocenters. The van der Waals surface area contributed by atoms with Crippen LogP contribution in [0.3, 0.4) is 0 Å². The van der Waals surface area contributed by atoms with Crippen LogP contribution in [0.15, 0.2) is 46.7 Å². The van der Waals surface area contributed by atoms with Crippen molar-refractivity contribution >= 4 is 11.8 Å². The van der Waals surface area contributed by atoms with E-state index >= 15 is 0 Å². The summed E-state index contributed by atoms with van der Waals surface area (Å²) in [6.45, 7) is 0.983. The Morgan fingerprint density at radius 3 is 2.76 bits per heavy atom. The van der Waals surface area contributed by atoms with Crippen LogP contribution in [0.25, 0.3) is 0 Å². The molecule has 0 bridgehead atoms. The molecule has 1 aromatic carbocycles. The zero-order chi connectivity index (χ0) is 11.5. The summed E-state index contributed by atoms with van der Waals surface area (Å²) in [5.41, 5.74) is 1.35. The van der Waals surface area contributed by atoms with Crippen molar-refractivity contribution in [1.29, 1.82) is 0 Å². The second-order valence-corrected chi connectivity index (χ2v) is 5.36. The van der Waals surface area contributed by atoms with Gasteiger partial charge in [-0.1, -0.05) is 23.9 Å². The van der Waals surface area contributed by atoms with E-state index in [1.54, 1.807) is 18.0 Å². The predicted octanol–water partition coefficient (Wildman–Crippen LogP) is 2.81. The number of hydrogen-bond donors (Lipinski definition) is 2. The van der Waals surface area contributed by atoms with Crippen molar-refractivity contribution in [3.8, 4) is 0 Å². The highest BCUT2D eigenvalue weighted by molar-refractivity contribution is 7.99. The molecule has 4 heteroatoms. The zero-order valence-corrected chi connectivity index (χ0v) is 10.3. The van der Waals surface area contributed by atoms with Crippen molar-refractivity contribution in [1.82, 2.24) is 15.3 Å². The van der Waals surface area contributed by atoms with Crippen LogP contribution < -0.4 is 5.32 Å². The summed E-state index contributed by atoms with van der Waals surface area (Å²) in [6, 6.07) is 9.43. The van der Waals surface area contributed by atoms with Crippen molar-refractivity contribution in [2.75, 3.05) is 0 Å². The molecule has 1 saturated carbocycles. The molecule has 0 aliphatic heterocycles. The maximum Gasteiger partial charge on any atom is 0.170 e. The van der Waals surface area contributed by atoms with Crippen LogP contribution in [0.4, 0.5) is 0 Å². The molecular formula is C13H15N3S. The van der Waals surface area contributed by atoms with Crippen LogP contribution in [0, 0.1) is 0 Å². The second-order valence-electron chi connectivity index (χ2n) is 4.30. The Hall–Kier alpha value is -1.26. The van der Waals surface area contributed by atoms with E-state index in [0.717, 1.165) is 17.7 Å². The van der Waals surface area contributed by atoms with E-state index in [0.29, 0.717) is 0 Å². The highest BCUT2D eigenvalue weighted by Crippen LogP contribution is 2.24. The summed E-state index contributed by atoms with van der Waals surface area (Å²) in [6.07, 6.45) is 6.30. The topological polar surface area (TPSA) is 40.7 Å². The lowest BCUT2D eigenvalue weighted by Gasteiger charge is -2.04. The Bertz CT molecular complexity index is 460. The standard InChI is InChI=1S/C13H15N3S/c1-5-12(17-13-14-7-8-15-13)6-2-10(1)9-16-11-3-4-11/h1-2,5-8,11,16H,3-4,9H2,(H,14,15). The monoisotopic (exact) mass is 245 g/mol. The highest BCUT2D eigenvalue weighted by Gasteiger charge is 2.19. The Morgan fingerprint density at radius 1 is 1.29 bits per heavy atom. The van der Waals surface area contributed by atoms with E-state index in [2.05, 4.69) is 39.6 Å². The number of H-pyrrole nitrogens is 1. The van der Waals surface area contributed by atoms with Gasteiger partial charge in [-0.15, -0.1) is 0 Å². The third kappa shape index (κ3) is 3.11. The molecule has 0 unspecified atom stereocenters. The Labute approximate surface area is 105 Å². The van der Waals surface area contributed by atoms with Gasteiger partial charge in [0.25, 0.3) is 0 Å². The van der Waals surface area contributed by atoms with E-state index < -0.39 is 0 Å². The van der Waals surface area contributed by atoms with Gasteiger partial charge in [0.15, 0.2) is 5.16 Å². The number of rotatable bonds is 5. The maximum atomic E-state index is 4.20. The minimum atomic E-state index is 0.771. The van der Waals surface area contributed by atoms with Gasteiger partial charge >= 0.3 is 0 Å². The van der Waals surface area contributed by atoms with Crippen molar-refractivity contribution in [3.63, 3.8) is 0 Å². The van der Waals surface area contributed by atoms with Gasteiger partial charge < -0.3 is 10.3 Å². The van der Waals surface area contributed by atoms with Gasteiger partial charge in [-0.3, -0.25) is 0 Å². The van der Waals surface area contributed by atoms with E-state index in [-0.39, 0.29) is 0 Å². The lowest BCUT2D eigenvalue weighted by Crippen LogP contribution is -2.14. The van der Waals surface area contributed by atoms with Crippen molar-refractivity contribution in [2.45, 2.75) is 35.5 Å². The van der Waals surface area contributed by atoms with Gasteiger partial charge in [-0.25, -0.2) is 4.98 Å². The van der Waals surface area contributed by atoms with Crippen molar-refractivity contribution in [2.24, 2.45) is 0 Å². The average Bonchev–Trinajstić information content (AvgIpc) is 3.05. The number of hydrogen-bond acceptors (Lipinski definition) is 3. The SMILES string of the molecule is c1c[nH]c(Sc2ccc(CNC3CC3)cc2)n1. The third-order valence-electron chi connectivity index (χ3n) is 2.78. The summed E-state index contributed by atoms with van der Waals surface area (Å²) in [7, 11) is 0. The molecule has 88 valence electrons. The van der Waals surface area contributed by atoms with Gasteiger partial charge in [0.05, 0.1) is 0 Å². The Balaban J connectivity index is 1.58. The fourth-order valence-electron chi connectivity index (χ4n) is 1.64. The first-order valence-corrected chi connectivity index (χ1v) is 6.71. The summed E-state index contributed by atoms with van der Waals surface area (Å²) in [4.78, 5) is 8.50. The molecule has 3 rings (SSSR count). The number of benzene rings is 1. The number of nitrogens with zero attached hydrogens (tertiary/aromatic N) is 1. The molecule has 0 amide bonds. The normalized spacial score (nSPS) is 15.1. The smallest absolute Gasteiger partial charge is 0.170 e. The Kier molecular flexibility index (Phi) is 3.16. The lowest BCUT2D eigenvalue weighted by atomic mass is 10.2. The van der Waals surface area contributed by atoms with Gasteiger partial charge in [0.2, 0.25) is 0 Å². The molecule has 0 radical (unpaired) electrons. The minimum Gasteiger partial charge on any atom is -0.339 e. The number of imidazole rings is 1. The van der Waals surface area contributed by atoms with E-state index in [1.165, 1.54) is 23.3 Å². The predicted molar refractivity (Wildman–Crippen MR) is 69.0 cm³/mol. The van der Waals surface area contributed by atoms with Crippen LogP contribution in [0.2, 0.25) is 0 Å². The molecule has 0 spiro atoms. The van der Waals surface area contributed by atoms with Crippen LogP contribution in [-0.4, -0.2) is 16.0 Å². The molecular weight excluding hydrogens is 230 g/mol. The van der Waals surface area contributed by atoms with Gasteiger partial charge in [0, 0.05) is 29.9 Å². The summed E-state index contributed by atoms with van der Waals surface area (Å²) >= 11 is 1.65.